The molecule has 2 rings (SSSR count). The first-order valence-electron chi connectivity index (χ1n) is 4.58. The number of aliphatic carboxylic acids is 1. The molecule has 0 atom stereocenters. The molecule has 1 aromatic carbocycles. The second-order valence-corrected chi connectivity index (χ2v) is 4.46. The Kier molecular flexibility index (Phi) is 3.22. The minimum absolute atomic E-state index is 0.0546. The largest absolute Gasteiger partial charge is 0.481 e. The summed E-state index contributed by atoms with van der Waals surface area (Å²) in [4.78, 5) is 14.8. The summed E-state index contributed by atoms with van der Waals surface area (Å²) in [6, 6.07) is 7.37. The van der Waals surface area contributed by atoms with E-state index in [1.165, 1.54) is 11.3 Å². The van der Waals surface area contributed by atoms with E-state index in [2.05, 4.69) is 4.98 Å². The Labute approximate surface area is 101 Å². The average molecular weight is 254 g/mol. The van der Waals surface area contributed by atoms with E-state index in [1.807, 2.05) is 18.2 Å². The van der Waals surface area contributed by atoms with Gasteiger partial charge in [0.25, 0.3) is 0 Å². The van der Waals surface area contributed by atoms with E-state index in [0.717, 1.165) is 10.6 Å². The number of aromatic nitrogens is 1. The lowest BCUT2D eigenvalue weighted by Crippen LogP contribution is -1.99. The van der Waals surface area contributed by atoms with Crippen molar-refractivity contribution in [3.8, 4) is 10.6 Å². The maximum absolute atomic E-state index is 10.5. The zero-order valence-corrected chi connectivity index (χ0v) is 9.76. The molecule has 2 aromatic rings. The molecule has 0 aliphatic carbocycles. The van der Waals surface area contributed by atoms with E-state index >= 15 is 0 Å². The summed E-state index contributed by atoms with van der Waals surface area (Å²) in [5.41, 5.74) is 1.40. The molecule has 0 saturated carbocycles. The molecule has 0 bridgehead atoms. The van der Waals surface area contributed by atoms with Gasteiger partial charge in [0.15, 0.2) is 0 Å². The van der Waals surface area contributed by atoms with Gasteiger partial charge >= 0.3 is 5.97 Å². The predicted octanol–water partition coefficient (Wildman–Crippen LogP) is 3.09. The minimum atomic E-state index is -0.879. The van der Waals surface area contributed by atoms with Crippen LogP contribution in [0.5, 0.6) is 0 Å². The van der Waals surface area contributed by atoms with Crippen LogP contribution >= 0.6 is 22.9 Å². The molecule has 0 radical (unpaired) electrons. The maximum atomic E-state index is 10.5. The summed E-state index contributed by atoms with van der Waals surface area (Å²) in [5.74, 6) is -0.879. The van der Waals surface area contributed by atoms with Gasteiger partial charge in [-0.2, -0.15) is 0 Å². The minimum Gasteiger partial charge on any atom is -0.481 e. The van der Waals surface area contributed by atoms with Crippen LogP contribution in [0.4, 0.5) is 0 Å². The van der Waals surface area contributed by atoms with Gasteiger partial charge in [-0.05, 0) is 6.07 Å². The van der Waals surface area contributed by atoms with Crippen LogP contribution in [0.15, 0.2) is 29.6 Å². The van der Waals surface area contributed by atoms with Gasteiger partial charge in [0.2, 0.25) is 0 Å². The topological polar surface area (TPSA) is 50.2 Å². The molecule has 16 heavy (non-hydrogen) atoms. The van der Waals surface area contributed by atoms with Gasteiger partial charge in [0, 0.05) is 10.9 Å². The predicted molar refractivity (Wildman–Crippen MR) is 63.9 cm³/mol. The summed E-state index contributed by atoms with van der Waals surface area (Å²) in [7, 11) is 0. The number of rotatable bonds is 3. The number of benzene rings is 1. The van der Waals surface area contributed by atoms with E-state index in [-0.39, 0.29) is 6.42 Å². The molecular formula is C11H8ClNO2S. The molecule has 1 heterocycles. The van der Waals surface area contributed by atoms with Crippen molar-refractivity contribution in [3.63, 3.8) is 0 Å². The Bertz CT molecular complexity index is 524. The standard InChI is InChI=1S/C11H8ClNO2S/c12-9-4-2-1-3-8(9)11-13-7(6-16-11)5-10(14)15/h1-4,6H,5H2,(H,14,15). The first-order valence-corrected chi connectivity index (χ1v) is 5.83. The molecule has 0 spiro atoms. The fourth-order valence-electron chi connectivity index (χ4n) is 1.30. The van der Waals surface area contributed by atoms with E-state index in [4.69, 9.17) is 16.7 Å². The van der Waals surface area contributed by atoms with Crippen molar-refractivity contribution < 1.29 is 9.90 Å². The Morgan fingerprint density at radius 2 is 2.19 bits per heavy atom. The highest BCUT2D eigenvalue weighted by molar-refractivity contribution is 7.13. The molecule has 0 fully saturated rings. The third kappa shape index (κ3) is 2.40. The van der Waals surface area contributed by atoms with Gasteiger partial charge in [0.1, 0.15) is 5.01 Å². The summed E-state index contributed by atoms with van der Waals surface area (Å²) < 4.78 is 0. The van der Waals surface area contributed by atoms with Gasteiger partial charge in [-0.3, -0.25) is 4.79 Å². The SMILES string of the molecule is O=C(O)Cc1csc(-c2ccccc2Cl)n1. The zero-order valence-electron chi connectivity index (χ0n) is 8.18. The smallest absolute Gasteiger partial charge is 0.309 e. The van der Waals surface area contributed by atoms with Crippen LogP contribution in [-0.4, -0.2) is 16.1 Å². The highest BCUT2D eigenvalue weighted by Gasteiger charge is 2.09. The number of carboxylic acids is 1. The van der Waals surface area contributed by atoms with Crippen molar-refractivity contribution in [2.45, 2.75) is 6.42 Å². The summed E-state index contributed by atoms with van der Waals surface area (Å²) >= 11 is 7.42. The normalized spacial score (nSPS) is 10.3. The van der Waals surface area contributed by atoms with Gasteiger partial charge in [0.05, 0.1) is 17.1 Å². The van der Waals surface area contributed by atoms with Gasteiger partial charge in [-0.1, -0.05) is 29.8 Å². The fraction of sp³-hybridized carbons (Fsp3) is 0.0909. The number of nitrogens with zero attached hydrogens (tertiary/aromatic N) is 1. The lowest BCUT2D eigenvalue weighted by Gasteiger charge is -1.98. The quantitative estimate of drug-likeness (QED) is 0.915. The van der Waals surface area contributed by atoms with E-state index in [0.29, 0.717) is 10.7 Å². The number of halogens is 1. The number of thiazole rings is 1. The number of hydrogen-bond acceptors (Lipinski definition) is 3. The van der Waals surface area contributed by atoms with Crippen LogP contribution in [0, 0.1) is 0 Å². The second kappa shape index (κ2) is 4.63. The molecule has 5 heteroatoms. The molecule has 3 nitrogen and oxygen atoms in total. The maximum Gasteiger partial charge on any atom is 0.309 e. The molecule has 1 aromatic heterocycles. The summed E-state index contributed by atoms with van der Waals surface area (Å²) in [6.07, 6.45) is -0.0546. The molecule has 0 aliphatic heterocycles. The molecule has 0 amide bonds. The number of hydrogen-bond donors (Lipinski definition) is 1. The monoisotopic (exact) mass is 253 g/mol. The van der Waals surface area contributed by atoms with Gasteiger partial charge in [-0.25, -0.2) is 4.98 Å². The van der Waals surface area contributed by atoms with Crippen molar-refractivity contribution in [1.82, 2.24) is 4.98 Å². The Morgan fingerprint density at radius 3 is 2.88 bits per heavy atom. The number of carbonyl (C=O) groups is 1. The molecule has 0 aliphatic rings. The van der Waals surface area contributed by atoms with Crippen molar-refractivity contribution in [2.75, 3.05) is 0 Å². The van der Waals surface area contributed by atoms with Crippen LogP contribution in [-0.2, 0) is 11.2 Å². The summed E-state index contributed by atoms with van der Waals surface area (Å²) in [5, 5.41) is 11.8. The molecule has 0 saturated heterocycles. The summed E-state index contributed by atoms with van der Waals surface area (Å²) in [6.45, 7) is 0. The van der Waals surface area contributed by atoms with Crippen molar-refractivity contribution in [3.05, 3.63) is 40.4 Å². The second-order valence-electron chi connectivity index (χ2n) is 3.19. The van der Waals surface area contributed by atoms with Crippen LogP contribution < -0.4 is 0 Å². The van der Waals surface area contributed by atoms with Crippen molar-refractivity contribution in [1.29, 1.82) is 0 Å². The fourth-order valence-corrected chi connectivity index (χ4v) is 2.44. The molecular weight excluding hydrogens is 246 g/mol. The third-order valence-electron chi connectivity index (χ3n) is 1.99. The van der Waals surface area contributed by atoms with E-state index < -0.39 is 5.97 Å². The first kappa shape index (κ1) is 11.1. The van der Waals surface area contributed by atoms with Crippen LogP contribution in [0.3, 0.4) is 0 Å². The average Bonchev–Trinajstić information content (AvgIpc) is 2.66. The van der Waals surface area contributed by atoms with Gasteiger partial charge < -0.3 is 5.11 Å². The van der Waals surface area contributed by atoms with E-state index in [1.54, 1.807) is 11.4 Å². The van der Waals surface area contributed by atoms with E-state index in [9.17, 15) is 4.79 Å². The highest BCUT2D eigenvalue weighted by Crippen LogP contribution is 2.30. The Morgan fingerprint density at radius 1 is 1.44 bits per heavy atom. The van der Waals surface area contributed by atoms with Crippen LogP contribution in [0.25, 0.3) is 10.6 Å². The third-order valence-corrected chi connectivity index (χ3v) is 3.24. The lowest BCUT2D eigenvalue weighted by atomic mass is 10.2. The number of carboxylic acid groups (broad SMARTS) is 1. The first-order chi connectivity index (χ1) is 7.66. The van der Waals surface area contributed by atoms with Crippen LogP contribution in [0.2, 0.25) is 5.02 Å². The molecule has 0 unspecified atom stereocenters. The Balaban J connectivity index is 2.32. The molecule has 1 N–H and O–H groups in total. The Hall–Kier alpha value is -1.39. The zero-order chi connectivity index (χ0) is 11.5. The molecule has 82 valence electrons. The van der Waals surface area contributed by atoms with Crippen molar-refractivity contribution >= 4 is 28.9 Å². The van der Waals surface area contributed by atoms with Crippen LogP contribution in [0.1, 0.15) is 5.69 Å². The highest BCUT2D eigenvalue weighted by atomic mass is 35.5. The lowest BCUT2D eigenvalue weighted by molar-refractivity contribution is -0.136. The van der Waals surface area contributed by atoms with Crippen molar-refractivity contribution in [2.24, 2.45) is 0 Å². The van der Waals surface area contributed by atoms with Gasteiger partial charge in [-0.15, -0.1) is 11.3 Å².